The molecule has 0 radical (unpaired) electrons. The molecule has 24 heavy (non-hydrogen) atoms. The van der Waals surface area contributed by atoms with Crippen molar-refractivity contribution in [1.82, 2.24) is 5.16 Å². The number of aryl methyl sites for hydroxylation is 1. The monoisotopic (exact) mass is 353 g/mol. The Balaban J connectivity index is 2.08. The number of hydrogen-bond donors (Lipinski definition) is 2. The van der Waals surface area contributed by atoms with Gasteiger partial charge in [0.25, 0.3) is 5.91 Å². The first-order valence-corrected chi connectivity index (χ1v) is 7.27. The van der Waals surface area contributed by atoms with Crippen LogP contribution >= 0.6 is 11.6 Å². The molecule has 0 bridgehead atoms. The normalized spacial score (nSPS) is 11.7. The maximum Gasteiger partial charge on any atom is 0.342 e. The lowest BCUT2D eigenvalue weighted by Crippen LogP contribution is -2.30. The predicted octanol–water partition coefficient (Wildman–Crippen LogP) is 2.41. The molecule has 0 aliphatic heterocycles. The predicted molar refractivity (Wildman–Crippen MR) is 87.2 cm³/mol. The molecule has 0 fully saturated rings. The number of nitrogens with one attached hydrogen (secondary N) is 1. The van der Waals surface area contributed by atoms with E-state index in [1.54, 1.807) is 6.92 Å². The Morgan fingerprint density at radius 1 is 1.38 bits per heavy atom. The third kappa shape index (κ3) is 3.96. The first-order chi connectivity index (χ1) is 11.3. The average molecular weight is 354 g/mol. The summed E-state index contributed by atoms with van der Waals surface area (Å²) in [4.78, 5) is 24.3. The summed E-state index contributed by atoms with van der Waals surface area (Å²) in [5, 5.41) is 6.27. The minimum Gasteiger partial charge on any atom is -0.496 e. The van der Waals surface area contributed by atoms with Crippen molar-refractivity contribution in [2.75, 3.05) is 18.2 Å². The lowest BCUT2D eigenvalue weighted by molar-refractivity contribution is -0.123. The second-order valence-corrected chi connectivity index (χ2v) is 5.34. The Kier molecular flexibility index (Phi) is 5.30. The van der Waals surface area contributed by atoms with Gasteiger partial charge in [-0.2, -0.15) is 0 Å². The van der Waals surface area contributed by atoms with Gasteiger partial charge < -0.3 is 25.0 Å². The molecule has 0 saturated heterocycles. The molecule has 8 nitrogen and oxygen atoms in total. The van der Waals surface area contributed by atoms with Gasteiger partial charge in [0.2, 0.25) is 0 Å². The van der Waals surface area contributed by atoms with Crippen LogP contribution in [0.1, 0.15) is 23.0 Å². The topological polar surface area (TPSA) is 117 Å². The van der Waals surface area contributed by atoms with Crippen molar-refractivity contribution in [3.05, 3.63) is 34.5 Å². The first-order valence-electron chi connectivity index (χ1n) is 6.90. The zero-order valence-electron chi connectivity index (χ0n) is 13.3. The fraction of sp³-hybridized carbons (Fsp3) is 0.267. The van der Waals surface area contributed by atoms with Crippen LogP contribution in [-0.4, -0.2) is 30.2 Å². The lowest BCUT2D eigenvalue weighted by Gasteiger charge is -2.14. The van der Waals surface area contributed by atoms with Gasteiger partial charge in [0.1, 0.15) is 17.1 Å². The van der Waals surface area contributed by atoms with Crippen molar-refractivity contribution in [1.29, 1.82) is 0 Å². The number of halogens is 1. The third-order valence-electron chi connectivity index (χ3n) is 3.07. The number of hydrogen-bond acceptors (Lipinski definition) is 7. The number of nitrogens with two attached hydrogens (primary N) is 1. The standard InChI is InChI=1S/C15H16ClN3O5/c1-7-4-13(19-24-7)18-14(20)8(2)23-15(21)9-5-10(16)11(17)6-12(9)22-3/h4-6,8H,17H2,1-3H3,(H,18,19,20). The maximum absolute atomic E-state index is 12.2. The molecule has 1 aromatic heterocycles. The van der Waals surface area contributed by atoms with Crippen molar-refractivity contribution >= 4 is 35.0 Å². The summed E-state index contributed by atoms with van der Waals surface area (Å²) in [5.41, 5.74) is 5.98. The Bertz CT molecular complexity index is 774. The highest BCUT2D eigenvalue weighted by Crippen LogP contribution is 2.29. The number of aromatic nitrogens is 1. The van der Waals surface area contributed by atoms with E-state index in [1.807, 2.05) is 0 Å². The van der Waals surface area contributed by atoms with Gasteiger partial charge in [-0.3, -0.25) is 4.79 Å². The number of benzene rings is 1. The van der Waals surface area contributed by atoms with Crippen LogP contribution in [0.2, 0.25) is 5.02 Å². The van der Waals surface area contributed by atoms with Gasteiger partial charge in [-0.05, 0) is 19.9 Å². The summed E-state index contributed by atoms with van der Waals surface area (Å²) in [6, 6.07) is 4.26. The van der Waals surface area contributed by atoms with Crippen molar-refractivity contribution in [2.45, 2.75) is 20.0 Å². The number of nitrogen functional groups attached to an aromatic ring is 1. The molecule has 0 aliphatic rings. The molecule has 9 heteroatoms. The van der Waals surface area contributed by atoms with E-state index in [9.17, 15) is 9.59 Å². The summed E-state index contributed by atoms with van der Waals surface area (Å²) in [6.45, 7) is 3.11. The van der Waals surface area contributed by atoms with E-state index in [0.29, 0.717) is 5.76 Å². The van der Waals surface area contributed by atoms with Gasteiger partial charge in [0.05, 0.1) is 17.8 Å². The molecule has 1 aromatic carbocycles. The molecule has 1 amide bonds. The molecule has 0 saturated carbocycles. The number of methoxy groups -OCH3 is 1. The highest BCUT2D eigenvalue weighted by molar-refractivity contribution is 6.33. The van der Waals surface area contributed by atoms with Gasteiger partial charge in [-0.25, -0.2) is 4.79 Å². The average Bonchev–Trinajstić information content (AvgIpc) is 2.94. The van der Waals surface area contributed by atoms with Crippen LogP contribution in [0.5, 0.6) is 5.75 Å². The number of nitrogens with zero attached hydrogens (tertiary/aromatic N) is 1. The third-order valence-corrected chi connectivity index (χ3v) is 3.40. The van der Waals surface area contributed by atoms with Crippen molar-refractivity contribution in [3.8, 4) is 5.75 Å². The van der Waals surface area contributed by atoms with E-state index in [2.05, 4.69) is 10.5 Å². The number of esters is 1. The summed E-state index contributed by atoms with van der Waals surface area (Å²) < 4.78 is 15.0. The molecule has 1 atom stereocenters. The molecular weight excluding hydrogens is 338 g/mol. The van der Waals surface area contributed by atoms with E-state index in [4.69, 9.17) is 31.3 Å². The van der Waals surface area contributed by atoms with Gasteiger partial charge >= 0.3 is 5.97 Å². The number of carbonyl (C=O) groups is 2. The van der Waals surface area contributed by atoms with E-state index in [0.717, 1.165) is 0 Å². The maximum atomic E-state index is 12.2. The highest BCUT2D eigenvalue weighted by Gasteiger charge is 2.23. The van der Waals surface area contributed by atoms with Crippen LogP contribution in [0.25, 0.3) is 0 Å². The van der Waals surface area contributed by atoms with Gasteiger partial charge in [0, 0.05) is 12.1 Å². The second-order valence-electron chi connectivity index (χ2n) is 4.93. The van der Waals surface area contributed by atoms with Crippen LogP contribution in [0.4, 0.5) is 11.5 Å². The first kappa shape index (κ1) is 17.6. The van der Waals surface area contributed by atoms with E-state index in [1.165, 1.54) is 32.2 Å². The lowest BCUT2D eigenvalue weighted by atomic mass is 10.2. The van der Waals surface area contributed by atoms with Crippen LogP contribution in [0, 0.1) is 6.92 Å². The molecule has 2 rings (SSSR count). The summed E-state index contributed by atoms with van der Waals surface area (Å²) in [5.74, 6) is -0.365. The van der Waals surface area contributed by atoms with Crippen LogP contribution in [-0.2, 0) is 9.53 Å². The number of amides is 1. The number of rotatable bonds is 5. The molecule has 3 N–H and O–H groups in total. The van der Waals surface area contributed by atoms with Crippen molar-refractivity contribution in [3.63, 3.8) is 0 Å². The molecule has 0 spiro atoms. The van der Waals surface area contributed by atoms with Gasteiger partial charge in [-0.1, -0.05) is 16.8 Å². The molecule has 1 unspecified atom stereocenters. The Hall–Kier alpha value is -2.74. The fourth-order valence-electron chi connectivity index (χ4n) is 1.83. The molecule has 128 valence electrons. The summed E-state index contributed by atoms with van der Waals surface area (Å²) in [6.07, 6.45) is -1.07. The Labute approximate surface area is 142 Å². The second kappa shape index (κ2) is 7.22. The van der Waals surface area contributed by atoms with E-state index >= 15 is 0 Å². The van der Waals surface area contributed by atoms with Crippen LogP contribution < -0.4 is 15.8 Å². The molecule has 0 aliphatic carbocycles. The van der Waals surface area contributed by atoms with Gasteiger partial charge in [-0.15, -0.1) is 0 Å². The molecular formula is C15H16ClN3O5. The smallest absolute Gasteiger partial charge is 0.342 e. The minimum atomic E-state index is -1.07. The number of carbonyl (C=O) groups excluding carboxylic acids is 2. The Morgan fingerprint density at radius 2 is 2.08 bits per heavy atom. The van der Waals surface area contributed by atoms with Crippen LogP contribution in [0.15, 0.2) is 22.7 Å². The zero-order valence-corrected chi connectivity index (χ0v) is 14.0. The number of anilines is 2. The Morgan fingerprint density at radius 3 is 2.67 bits per heavy atom. The number of ether oxygens (including phenoxy) is 2. The quantitative estimate of drug-likeness (QED) is 0.626. The van der Waals surface area contributed by atoms with Crippen molar-refractivity contribution < 1.29 is 23.6 Å². The summed E-state index contributed by atoms with van der Waals surface area (Å²) in [7, 11) is 1.38. The van der Waals surface area contributed by atoms with Crippen LogP contribution in [0.3, 0.4) is 0 Å². The van der Waals surface area contributed by atoms with E-state index in [-0.39, 0.29) is 27.8 Å². The van der Waals surface area contributed by atoms with E-state index < -0.39 is 18.0 Å². The molecule has 1 heterocycles. The molecule has 2 aromatic rings. The minimum absolute atomic E-state index is 0.0635. The van der Waals surface area contributed by atoms with Crippen molar-refractivity contribution in [2.24, 2.45) is 0 Å². The zero-order chi connectivity index (χ0) is 17.9. The SMILES string of the molecule is COc1cc(N)c(Cl)cc1C(=O)OC(C)C(=O)Nc1cc(C)on1. The fourth-order valence-corrected chi connectivity index (χ4v) is 1.99. The highest BCUT2D eigenvalue weighted by atomic mass is 35.5. The largest absolute Gasteiger partial charge is 0.496 e. The summed E-state index contributed by atoms with van der Waals surface area (Å²) >= 11 is 5.91. The van der Waals surface area contributed by atoms with Gasteiger partial charge in [0.15, 0.2) is 11.9 Å².